The van der Waals surface area contributed by atoms with Gasteiger partial charge in [0.1, 0.15) is 12.2 Å². The Balaban J connectivity index is 0.00000353. The van der Waals surface area contributed by atoms with Crippen LogP contribution in [0.25, 0.3) is 29.1 Å². The third kappa shape index (κ3) is 4.19. The molecule has 3 atom stereocenters. The third-order valence-electron chi connectivity index (χ3n) is 9.09. The molecular formula is C33H32MgN4O4-2. The van der Waals surface area contributed by atoms with Crippen LogP contribution in [-0.2, 0) is 22.4 Å². The van der Waals surface area contributed by atoms with Gasteiger partial charge in [-0.25, -0.2) is 0 Å². The van der Waals surface area contributed by atoms with Crippen LogP contribution >= 0.6 is 0 Å². The van der Waals surface area contributed by atoms with Crippen LogP contribution in [0.2, 0.25) is 0 Å². The van der Waals surface area contributed by atoms with Crippen molar-refractivity contribution in [2.45, 2.75) is 54.4 Å². The van der Waals surface area contributed by atoms with E-state index in [1.54, 1.807) is 0 Å². The number of ketones is 1. The summed E-state index contributed by atoms with van der Waals surface area (Å²) in [5.74, 6) is -2.09. The van der Waals surface area contributed by atoms with Gasteiger partial charge < -0.3 is 25.0 Å². The van der Waals surface area contributed by atoms with Gasteiger partial charge in [0.25, 0.3) is 0 Å². The number of esters is 1. The molecule has 3 aromatic heterocycles. The molecule has 0 spiro atoms. The minimum atomic E-state index is -1.11. The van der Waals surface area contributed by atoms with Gasteiger partial charge in [-0.3, -0.25) is 14.4 Å². The predicted molar refractivity (Wildman–Crippen MR) is 161 cm³/mol. The summed E-state index contributed by atoms with van der Waals surface area (Å²) in [6.45, 7) is 12.1. The van der Waals surface area contributed by atoms with Crippen LogP contribution in [-0.4, -0.2) is 48.2 Å². The number of nitrogens with zero attached hydrogens (tertiary/aromatic N) is 4. The maximum atomic E-state index is 13.8. The Bertz CT molecular complexity index is 1850. The molecule has 9 heteroatoms. The van der Waals surface area contributed by atoms with E-state index in [4.69, 9.17) is 25.0 Å². The molecular weight excluding hydrogens is 541 g/mol. The zero-order valence-electron chi connectivity index (χ0n) is 25.1. The van der Waals surface area contributed by atoms with Crippen molar-refractivity contribution in [3.63, 3.8) is 0 Å². The van der Waals surface area contributed by atoms with Crippen molar-refractivity contribution < 1.29 is 19.1 Å². The van der Waals surface area contributed by atoms with Crippen LogP contribution in [0.5, 0.6) is 0 Å². The van der Waals surface area contributed by atoms with E-state index in [0.29, 0.717) is 56.5 Å². The predicted octanol–water partition coefficient (Wildman–Crippen LogP) is 3.10. The van der Waals surface area contributed by atoms with Crippen molar-refractivity contribution in [1.29, 1.82) is 0 Å². The molecule has 0 saturated carbocycles. The first-order valence-electron chi connectivity index (χ1n) is 14.1. The Morgan fingerprint density at radius 2 is 1.57 bits per heavy atom. The Morgan fingerprint density at radius 1 is 0.905 bits per heavy atom. The quantitative estimate of drug-likeness (QED) is 0.204. The second-order valence-corrected chi connectivity index (χ2v) is 11.1. The molecule has 3 aliphatic rings. The largest absolute Gasteiger partial charge is 2.00 e. The number of aromatic nitrogens is 3. The van der Waals surface area contributed by atoms with Gasteiger partial charge in [-0.2, -0.15) is 11.4 Å². The van der Waals surface area contributed by atoms with Crippen molar-refractivity contribution in [3.8, 4) is 0 Å². The molecule has 1 fully saturated rings. The van der Waals surface area contributed by atoms with Gasteiger partial charge in [-0.05, 0) is 38.5 Å². The molecule has 0 unspecified atom stereocenters. The minimum absolute atomic E-state index is 0. The number of hydrogen-bond acceptors (Lipinski definition) is 4. The number of rotatable bonds is 4. The summed E-state index contributed by atoms with van der Waals surface area (Å²) in [6, 6.07) is 0. The summed E-state index contributed by atoms with van der Waals surface area (Å²) in [5, 5.41) is 6.25. The van der Waals surface area contributed by atoms with Gasteiger partial charge in [-0.1, -0.05) is 73.7 Å². The number of aldehydes is 1. The number of fused-ring (bicyclic) bond motifs is 7. The number of carbonyl (C=O) groups is 3. The monoisotopic (exact) mass is 572 g/mol. The zero-order valence-corrected chi connectivity index (χ0v) is 26.5. The molecule has 1 aliphatic carbocycles. The van der Waals surface area contributed by atoms with Gasteiger partial charge in [0, 0.05) is 11.1 Å². The van der Waals surface area contributed by atoms with E-state index in [0.717, 1.165) is 46.5 Å². The summed E-state index contributed by atoms with van der Waals surface area (Å²) in [5.41, 5.74) is 9.27. The molecule has 8 nitrogen and oxygen atoms in total. The number of Topliss-reactive ketones (excluding diaryl/α,β-unsaturated/α-hetero) is 1. The maximum Gasteiger partial charge on any atom is 2.00 e. The van der Waals surface area contributed by atoms with E-state index in [-0.39, 0.29) is 40.7 Å². The smallest absolute Gasteiger partial charge is 0.664 e. The molecule has 0 amide bonds. The minimum Gasteiger partial charge on any atom is -0.664 e. The van der Waals surface area contributed by atoms with E-state index >= 15 is 0 Å². The second-order valence-electron chi connectivity index (χ2n) is 11.1. The van der Waals surface area contributed by atoms with Crippen LogP contribution in [0, 0.1) is 31.6 Å². The van der Waals surface area contributed by atoms with E-state index in [2.05, 4.69) is 27.7 Å². The molecule has 0 aromatic carbocycles. The number of carbonyl (C=O) groups excluding carboxylic acids is 3. The fourth-order valence-corrected chi connectivity index (χ4v) is 6.55. The normalized spacial score (nSPS) is 25.0. The van der Waals surface area contributed by atoms with Crippen LogP contribution in [0.1, 0.15) is 93.4 Å². The third-order valence-corrected chi connectivity index (χ3v) is 9.09. The van der Waals surface area contributed by atoms with Gasteiger partial charge in [0.2, 0.25) is 0 Å². The molecule has 8 bridgehead atoms. The number of ether oxygens (including phenoxy) is 1. The molecule has 42 heavy (non-hydrogen) atoms. The molecule has 2 aliphatic heterocycles. The first kappa shape index (κ1) is 29.9. The van der Waals surface area contributed by atoms with Gasteiger partial charge >= 0.3 is 29.0 Å². The molecule has 3 aromatic rings. The van der Waals surface area contributed by atoms with Crippen molar-refractivity contribution in [3.05, 3.63) is 83.6 Å². The van der Waals surface area contributed by atoms with E-state index < -0.39 is 11.9 Å². The van der Waals surface area contributed by atoms with Crippen LogP contribution in [0.3, 0.4) is 0 Å². The SMILES string of the molecule is CCc1c2[n-]c(c1C)/C=C1\[N-]/C(=C3\c4[n-]c(c(C)c4C(=O)[C@@H]3C(=O)OC)/C=c3\[n-]/c(c(C=O)c3CC)=C\2)[C@@H](C)[C@@H]1C.[Mg+2]. The van der Waals surface area contributed by atoms with Crippen LogP contribution in [0.4, 0.5) is 0 Å². The van der Waals surface area contributed by atoms with E-state index in [1.807, 2.05) is 32.1 Å². The molecule has 5 heterocycles. The molecule has 0 N–H and O–H groups in total. The molecule has 212 valence electrons. The van der Waals surface area contributed by atoms with Crippen molar-refractivity contribution in [2.24, 2.45) is 17.8 Å². The fraction of sp³-hybridized carbons (Fsp3) is 0.364. The summed E-state index contributed by atoms with van der Waals surface area (Å²) in [4.78, 5) is 53.9. The van der Waals surface area contributed by atoms with E-state index in [1.165, 1.54) is 7.11 Å². The topological polar surface area (TPSA) is 117 Å². The Hall–Kier alpha value is -3.56. The van der Waals surface area contributed by atoms with Crippen molar-refractivity contribution in [2.75, 3.05) is 7.11 Å². The van der Waals surface area contributed by atoms with Crippen LogP contribution in [0.15, 0.2) is 11.4 Å². The van der Waals surface area contributed by atoms with Crippen molar-refractivity contribution >= 4 is 64.9 Å². The number of allylic oxidation sites excluding steroid dienone is 2. The number of methoxy groups -OCH3 is 1. The second kappa shape index (κ2) is 10.9. The molecule has 0 radical (unpaired) electrons. The summed E-state index contributed by atoms with van der Waals surface area (Å²) < 4.78 is 5.10. The molecule has 6 rings (SSSR count). The van der Waals surface area contributed by atoms with Gasteiger partial charge in [0.05, 0.1) is 7.11 Å². The Kier molecular flexibility index (Phi) is 7.78. The maximum absolute atomic E-state index is 13.8. The van der Waals surface area contributed by atoms with Crippen molar-refractivity contribution in [1.82, 2.24) is 15.0 Å². The first-order valence-corrected chi connectivity index (χ1v) is 14.1. The summed E-state index contributed by atoms with van der Waals surface area (Å²) >= 11 is 0. The van der Waals surface area contributed by atoms with E-state index in [9.17, 15) is 14.4 Å². The Morgan fingerprint density at radius 3 is 2.21 bits per heavy atom. The van der Waals surface area contributed by atoms with Crippen LogP contribution < -0.4 is 25.7 Å². The number of hydrogen-bond donors (Lipinski definition) is 0. The summed E-state index contributed by atoms with van der Waals surface area (Å²) in [6.07, 6.45) is 7.96. The van der Waals surface area contributed by atoms with Gasteiger partial charge in [-0.15, -0.1) is 33.5 Å². The Labute approximate surface area is 260 Å². The standard InChI is InChI=1S/C33H33N4O4.Mg/c1-8-18-16(5)22-10-21-14(3)15(4)30(36-21)28-29(33(40)41-7)32(39)27-17(6)23(37-31(27)28)11-25-19(9-2)20(13-38)26(35-25)12-24(18)34-22;/h10-15,29H,8-9H2,1-7H3,(H-,36,37,38,39);/q-3;+2/p-1/b21-10-,26-12-;/t14-,15-,29+;/m0./s1. The van der Waals surface area contributed by atoms with Gasteiger partial charge in [0.15, 0.2) is 5.78 Å². The summed E-state index contributed by atoms with van der Waals surface area (Å²) in [7, 11) is 1.29. The fourth-order valence-electron chi connectivity index (χ4n) is 6.55. The first-order chi connectivity index (χ1) is 19.6. The zero-order chi connectivity index (χ0) is 29.3. The molecule has 1 saturated heterocycles. The average Bonchev–Trinajstić information content (AvgIpc) is 3.70. The average molecular weight is 573 g/mol.